The fourth-order valence-corrected chi connectivity index (χ4v) is 3.65. The van der Waals surface area contributed by atoms with Gasteiger partial charge >= 0.3 is 0 Å². The Balaban J connectivity index is 2.14. The second-order valence-electron chi connectivity index (χ2n) is 4.86. The first-order valence-electron chi connectivity index (χ1n) is 6.13. The number of rotatable bonds is 4. The molecular weight excluding hydrogens is 307 g/mol. The van der Waals surface area contributed by atoms with Crippen LogP contribution in [-0.2, 0) is 10.0 Å². The molecule has 0 amide bonds. The molecule has 0 saturated carbocycles. The quantitative estimate of drug-likeness (QED) is 0.861. The first-order valence-corrected chi connectivity index (χ1v) is 7.95. The van der Waals surface area contributed by atoms with Crippen LogP contribution in [0.5, 0.6) is 0 Å². The van der Waals surface area contributed by atoms with Crippen molar-refractivity contribution in [3.05, 3.63) is 29.0 Å². The Bertz CT molecular complexity index is 596. The van der Waals surface area contributed by atoms with Gasteiger partial charge in [0.25, 0.3) is 0 Å². The summed E-state index contributed by atoms with van der Waals surface area (Å²) in [6.07, 6.45) is 0.0562. The maximum atomic E-state index is 13.1. The summed E-state index contributed by atoms with van der Waals surface area (Å²) in [5.74, 6) is -0.658. The maximum Gasteiger partial charge on any atom is 0.242 e. The van der Waals surface area contributed by atoms with Crippen molar-refractivity contribution in [2.75, 3.05) is 20.1 Å². The third kappa shape index (κ3) is 3.29. The largest absolute Gasteiger partial charge is 0.392 e. The van der Waals surface area contributed by atoms with Crippen molar-refractivity contribution < 1.29 is 17.9 Å². The second kappa shape index (κ2) is 5.95. The number of likely N-dealkylation sites (N-methyl/N-ethyl adjacent to an activating group) is 1. The number of β-amino-alcohol motifs (C(OH)–C–C–N with tert-alkyl or cyclic N) is 1. The van der Waals surface area contributed by atoms with E-state index in [0.29, 0.717) is 13.0 Å². The van der Waals surface area contributed by atoms with Crippen LogP contribution in [0.4, 0.5) is 4.39 Å². The number of aliphatic hydroxyl groups excluding tert-OH is 1. The highest BCUT2D eigenvalue weighted by Gasteiger charge is 2.28. The highest BCUT2D eigenvalue weighted by atomic mass is 35.5. The zero-order valence-electron chi connectivity index (χ0n) is 10.9. The summed E-state index contributed by atoms with van der Waals surface area (Å²) in [5.41, 5.74) is 0. The van der Waals surface area contributed by atoms with E-state index in [0.717, 1.165) is 12.1 Å². The molecule has 1 aliphatic rings. The third-order valence-corrected chi connectivity index (χ3v) is 5.38. The Labute approximate surface area is 122 Å². The van der Waals surface area contributed by atoms with Crippen LogP contribution in [0.1, 0.15) is 6.42 Å². The Morgan fingerprint density at radius 2 is 2.25 bits per heavy atom. The third-order valence-electron chi connectivity index (χ3n) is 3.28. The molecule has 1 aliphatic heterocycles. The van der Waals surface area contributed by atoms with Crippen LogP contribution in [0.2, 0.25) is 5.02 Å². The number of halogens is 2. The molecule has 0 radical (unpaired) electrons. The van der Waals surface area contributed by atoms with E-state index in [2.05, 4.69) is 5.32 Å². The highest BCUT2D eigenvalue weighted by Crippen LogP contribution is 2.22. The number of hydrogen-bond acceptors (Lipinski definition) is 4. The van der Waals surface area contributed by atoms with Gasteiger partial charge in [-0.15, -0.1) is 0 Å². The van der Waals surface area contributed by atoms with Crippen molar-refractivity contribution in [3.63, 3.8) is 0 Å². The van der Waals surface area contributed by atoms with Gasteiger partial charge in [0.1, 0.15) is 5.82 Å². The van der Waals surface area contributed by atoms with Crippen LogP contribution >= 0.6 is 11.6 Å². The van der Waals surface area contributed by atoms with Gasteiger partial charge in [-0.3, -0.25) is 0 Å². The topological polar surface area (TPSA) is 69.6 Å². The maximum absolute atomic E-state index is 13.1. The van der Waals surface area contributed by atoms with Crippen molar-refractivity contribution in [1.82, 2.24) is 9.62 Å². The Kier molecular flexibility index (Phi) is 4.66. The minimum absolute atomic E-state index is 0.0510. The van der Waals surface area contributed by atoms with Crippen molar-refractivity contribution in [1.29, 1.82) is 0 Å². The molecule has 20 heavy (non-hydrogen) atoms. The van der Waals surface area contributed by atoms with Crippen LogP contribution in [0.25, 0.3) is 0 Å². The molecular formula is C12H16ClFN2O3S. The van der Waals surface area contributed by atoms with Crippen LogP contribution in [-0.4, -0.2) is 50.1 Å². The van der Waals surface area contributed by atoms with Gasteiger partial charge in [0, 0.05) is 26.2 Å². The summed E-state index contributed by atoms with van der Waals surface area (Å²) < 4.78 is 38.9. The number of hydrogen-bond donors (Lipinski definition) is 2. The van der Waals surface area contributed by atoms with E-state index in [1.807, 2.05) is 0 Å². The van der Waals surface area contributed by atoms with Crippen LogP contribution in [0.15, 0.2) is 23.1 Å². The molecule has 1 saturated heterocycles. The summed E-state index contributed by atoms with van der Waals surface area (Å²) in [6, 6.07) is 3.21. The number of nitrogens with zero attached hydrogens (tertiary/aromatic N) is 1. The van der Waals surface area contributed by atoms with Gasteiger partial charge in [-0.25, -0.2) is 12.8 Å². The summed E-state index contributed by atoms with van der Waals surface area (Å²) in [5, 5.41) is 12.2. The van der Waals surface area contributed by atoms with Gasteiger partial charge in [-0.05, 0) is 24.6 Å². The molecule has 112 valence electrons. The number of nitrogens with one attached hydrogen (secondary N) is 1. The fraction of sp³-hybridized carbons (Fsp3) is 0.500. The van der Waals surface area contributed by atoms with Crippen molar-refractivity contribution in [2.45, 2.75) is 23.5 Å². The summed E-state index contributed by atoms with van der Waals surface area (Å²) in [6.45, 7) is 0.690. The van der Waals surface area contributed by atoms with Crippen LogP contribution < -0.4 is 5.32 Å². The lowest BCUT2D eigenvalue weighted by atomic mass is 10.2. The molecule has 8 heteroatoms. The van der Waals surface area contributed by atoms with Gasteiger partial charge in [-0.2, -0.15) is 4.31 Å². The Morgan fingerprint density at radius 1 is 1.55 bits per heavy atom. The van der Waals surface area contributed by atoms with E-state index in [4.69, 9.17) is 11.6 Å². The van der Waals surface area contributed by atoms with Gasteiger partial charge in [0.05, 0.1) is 16.0 Å². The average Bonchev–Trinajstić information content (AvgIpc) is 2.78. The predicted octanol–water partition coefficient (Wildman–Crippen LogP) is 0.822. The zero-order valence-corrected chi connectivity index (χ0v) is 12.5. The lowest BCUT2D eigenvalue weighted by Gasteiger charge is -2.21. The van der Waals surface area contributed by atoms with Crippen molar-refractivity contribution in [3.8, 4) is 0 Å². The molecule has 0 bridgehead atoms. The molecule has 5 nitrogen and oxygen atoms in total. The first-order chi connectivity index (χ1) is 9.30. The highest BCUT2D eigenvalue weighted by molar-refractivity contribution is 7.89. The summed E-state index contributed by atoms with van der Waals surface area (Å²) >= 11 is 5.61. The van der Waals surface area contributed by atoms with E-state index >= 15 is 0 Å². The van der Waals surface area contributed by atoms with Crippen molar-refractivity contribution in [2.24, 2.45) is 0 Å². The average molecular weight is 323 g/mol. The molecule has 0 aliphatic carbocycles. The van der Waals surface area contributed by atoms with Gasteiger partial charge in [0.2, 0.25) is 10.0 Å². The normalized spacial score (nSPS) is 23.4. The standard InChI is InChI=1S/C12H16ClFN2O3S/c1-16(7-8-4-9(17)6-15-8)20(18,19)10-2-3-12(14)11(13)5-10/h2-3,5,8-9,15,17H,4,6-7H2,1H3/t8-,9+/m0/s1. The van der Waals surface area contributed by atoms with E-state index in [9.17, 15) is 17.9 Å². The monoisotopic (exact) mass is 322 g/mol. The minimum Gasteiger partial charge on any atom is -0.392 e. The molecule has 2 atom stereocenters. The van der Waals surface area contributed by atoms with E-state index in [-0.39, 0.29) is 22.5 Å². The van der Waals surface area contributed by atoms with E-state index < -0.39 is 21.9 Å². The lowest BCUT2D eigenvalue weighted by Crippen LogP contribution is -2.38. The van der Waals surface area contributed by atoms with Crippen LogP contribution in [0, 0.1) is 5.82 Å². The summed E-state index contributed by atoms with van der Waals surface area (Å²) in [7, 11) is -2.28. The number of benzene rings is 1. The Hall–Kier alpha value is -0.730. The molecule has 0 unspecified atom stereocenters. The molecule has 0 aromatic heterocycles. The lowest BCUT2D eigenvalue weighted by molar-refractivity contribution is 0.192. The molecule has 1 aromatic rings. The molecule has 2 N–H and O–H groups in total. The van der Waals surface area contributed by atoms with Gasteiger partial charge in [0.15, 0.2) is 0 Å². The smallest absolute Gasteiger partial charge is 0.242 e. The Morgan fingerprint density at radius 3 is 2.80 bits per heavy atom. The summed E-state index contributed by atoms with van der Waals surface area (Å²) in [4.78, 5) is -0.0510. The van der Waals surface area contributed by atoms with Crippen LogP contribution in [0.3, 0.4) is 0 Å². The van der Waals surface area contributed by atoms with E-state index in [1.54, 1.807) is 0 Å². The number of sulfonamides is 1. The van der Waals surface area contributed by atoms with E-state index in [1.165, 1.54) is 17.4 Å². The fourth-order valence-electron chi connectivity index (χ4n) is 2.16. The second-order valence-corrected chi connectivity index (χ2v) is 7.31. The first kappa shape index (κ1) is 15.7. The molecule has 1 heterocycles. The molecule has 0 spiro atoms. The van der Waals surface area contributed by atoms with Crippen molar-refractivity contribution >= 4 is 21.6 Å². The minimum atomic E-state index is -3.72. The molecule has 1 aromatic carbocycles. The molecule has 1 fully saturated rings. The molecule has 2 rings (SSSR count). The zero-order chi connectivity index (χ0) is 14.9. The predicted molar refractivity (Wildman–Crippen MR) is 73.6 cm³/mol. The van der Waals surface area contributed by atoms with Gasteiger partial charge in [-0.1, -0.05) is 11.6 Å². The van der Waals surface area contributed by atoms with Gasteiger partial charge < -0.3 is 10.4 Å². The number of aliphatic hydroxyl groups is 1. The SMILES string of the molecule is CN(C[C@@H]1C[C@@H](O)CN1)S(=O)(=O)c1ccc(F)c(Cl)c1.